The summed E-state index contributed by atoms with van der Waals surface area (Å²) in [6, 6.07) is 1.71. The van der Waals surface area contributed by atoms with Gasteiger partial charge in [-0.25, -0.2) is 9.97 Å². The zero-order valence-electron chi connectivity index (χ0n) is 10.1. The van der Waals surface area contributed by atoms with Crippen molar-refractivity contribution in [3.8, 4) is 11.6 Å². The first-order valence-electron chi connectivity index (χ1n) is 6.08. The number of carboxylic acid groups (broad SMARTS) is 1. The number of aliphatic carboxylic acids is 1. The smallest absolute Gasteiger partial charge is 0.306 e. The van der Waals surface area contributed by atoms with Crippen LogP contribution in [0, 0.1) is 5.92 Å². The number of aromatic nitrogens is 4. The maximum atomic E-state index is 10.9. The molecule has 0 aliphatic heterocycles. The van der Waals surface area contributed by atoms with Gasteiger partial charge in [-0.2, -0.15) is 4.98 Å². The number of rotatable bonds is 3. The van der Waals surface area contributed by atoms with Gasteiger partial charge in [0.2, 0.25) is 17.5 Å². The van der Waals surface area contributed by atoms with E-state index in [1.807, 2.05) is 0 Å². The number of carboxylic acids is 1. The summed E-state index contributed by atoms with van der Waals surface area (Å²) < 4.78 is 5.20. The maximum absolute atomic E-state index is 10.9. The maximum Gasteiger partial charge on any atom is 0.306 e. The average molecular weight is 260 g/mol. The molecule has 1 saturated carbocycles. The zero-order valence-corrected chi connectivity index (χ0v) is 10.1. The normalized spacial score (nSPS) is 22.5. The lowest BCUT2D eigenvalue weighted by Gasteiger charge is -2.02. The fourth-order valence-corrected chi connectivity index (χ4v) is 2.34. The third kappa shape index (κ3) is 2.31. The van der Waals surface area contributed by atoms with E-state index in [0.29, 0.717) is 30.4 Å². The molecule has 19 heavy (non-hydrogen) atoms. The quantitative estimate of drug-likeness (QED) is 0.891. The molecule has 1 N–H and O–H groups in total. The van der Waals surface area contributed by atoms with Crippen molar-refractivity contribution in [3.05, 3.63) is 24.4 Å². The van der Waals surface area contributed by atoms with E-state index < -0.39 is 5.97 Å². The summed E-state index contributed by atoms with van der Waals surface area (Å²) >= 11 is 0. The topological polar surface area (TPSA) is 102 Å². The van der Waals surface area contributed by atoms with Gasteiger partial charge in [0.1, 0.15) is 0 Å². The average Bonchev–Trinajstić information content (AvgIpc) is 3.09. The fraction of sp³-hybridized carbons (Fsp3) is 0.417. The van der Waals surface area contributed by atoms with E-state index in [1.165, 1.54) is 0 Å². The van der Waals surface area contributed by atoms with Crippen LogP contribution >= 0.6 is 0 Å². The molecule has 98 valence electrons. The van der Waals surface area contributed by atoms with E-state index >= 15 is 0 Å². The molecule has 1 aliphatic rings. The van der Waals surface area contributed by atoms with E-state index in [0.717, 1.165) is 6.42 Å². The van der Waals surface area contributed by atoms with Gasteiger partial charge in [0.25, 0.3) is 0 Å². The summed E-state index contributed by atoms with van der Waals surface area (Å²) in [5.41, 5.74) is 0. The van der Waals surface area contributed by atoms with E-state index in [9.17, 15) is 4.79 Å². The monoisotopic (exact) mass is 260 g/mol. The van der Waals surface area contributed by atoms with Crippen molar-refractivity contribution in [2.45, 2.75) is 25.2 Å². The van der Waals surface area contributed by atoms with Crippen LogP contribution < -0.4 is 0 Å². The summed E-state index contributed by atoms with van der Waals surface area (Å²) in [5, 5.41) is 12.8. The predicted molar refractivity (Wildman–Crippen MR) is 63.0 cm³/mol. The van der Waals surface area contributed by atoms with Crippen molar-refractivity contribution < 1.29 is 14.4 Å². The molecule has 3 rings (SSSR count). The van der Waals surface area contributed by atoms with Gasteiger partial charge in [-0.1, -0.05) is 5.16 Å². The largest absolute Gasteiger partial charge is 0.481 e. The Hall–Kier alpha value is -2.31. The Kier molecular flexibility index (Phi) is 2.94. The molecule has 0 bridgehead atoms. The lowest BCUT2D eigenvalue weighted by atomic mass is 10.1. The molecule has 2 aromatic heterocycles. The van der Waals surface area contributed by atoms with E-state index in [1.54, 1.807) is 18.5 Å². The Balaban J connectivity index is 1.78. The van der Waals surface area contributed by atoms with Crippen molar-refractivity contribution in [2.75, 3.05) is 0 Å². The molecule has 2 unspecified atom stereocenters. The minimum Gasteiger partial charge on any atom is -0.481 e. The summed E-state index contributed by atoms with van der Waals surface area (Å²) in [5.74, 6) is 0.180. The molecule has 1 aliphatic carbocycles. The highest BCUT2D eigenvalue weighted by atomic mass is 16.5. The van der Waals surface area contributed by atoms with E-state index in [-0.39, 0.29) is 11.8 Å². The Morgan fingerprint density at radius 2 is 2.05 bits per heavy atom. The predicted octanol–water partition coefficient (Wildman–Crippen LogP) is 1.49. The lowest BCUT2D eigenvalue weighted by Crippen LogP contribution is -2.09. The van der Waals surface area contributed by atoms with Crippen LogP contribution in [-0.4, -0.2) is 31.2 Å². The highest BCUT2D eigenvalue weighted by molar-refractivity contribution is 5.70. The lowest BCUT2D eigenvalue weighted by molar-refractivity contribution is -0.141. The van der Waals surface area contributed by atoms with Crippen molar-refractivity contribution in [3.63, 3.8) is 0 Å². The van der Waals surface area contributed by atoms with Gasteiger partial charge in [-0.15, -0.1) is 0 Å². The Labute approximate surface area is 108 Å². The minimum atomic E-state index is -0.756. The molecule has 0 saturated heterocycles. The van der Waals surface area contributed by atoms with Crippen LogP contribution in [0.3, 0.4) is 0 Å². The number of hydrogen-bond acceptors (Lipinski definition) is 6. The molecule has 2 atom stereocenters. The molecule has 7 nitrogen and oxygen atoms in total. The first-order valence-corrected chi connectivity index (χ1v) is 6.08. The molecule has 0 aromatic carbocycles. The van der Waals surface area contributed by atoms with Gasteiger partial charge in [0, 0.05) is 18.3 Å². The third-order valence-corrected chi connectivity index (χ3v) is 3.34. The summed E-state index contributed by atoms with van der Waals surface area (Å²) in [7, 11) is 0. The first-order chi connectivity index (χ1) is 9.24. The van der Waals surface area contributed by atoms with Gasteiger partial charge in [0.15, 0.2) is 0 Å². The van der Waals surface area contributed by atoms with Crippen LogP contribution in [0.25, 0.3) is 11.6 Å². The van der Waals surface area contributed by atoms with Gasteiger partial charge >= 0.3 is 5.97 Å². The molecular formula is C12H12N4O3. The fourth-order valence-electron chi connectivity index (χ4n) is 2.34. The molecule has 0 amide bonds. The van der Waals surface area contributed by atoms with Gasteiger partial charge in [-0.05, 0) is 25.3 Å². The second-order valence-electron chi connectivity index (χ2n) is 4.57. The van der Waals surface area contributed by atoms with E-state index in [4.69, 9.17) is 9.63 Å². The van der Waals surface area contributed by atoms with Gasteiger partial charge in [0.05, 0.1) is 5.92 Å². The third-order valence-electron chi connectivity index (χ3n) is 3.34. The van der Waals surface area contributed by atoms with Crippen molar-refractivity contribution >= 4 is 5.97 Å². The minimum absolute atomic E-state index is 0.0195. The van der Waals surface area contributed by atoms with Crippen LogP contribution in [0.1, 0.15) is 31.1 Å². The highest BCUT2D eigenvalue weighted by Crippen LogP contribution is 2.37. The number of carbonyl (C=O) groups is 1. The van der Waals surface area contributed by atoms with Gasteiger partial charge < -0.3 is 9.63 Å². The standard InChI is InChI=1S/C12H12N4O3/c17-12(18)8-3-2-7(6-8)11-15-10(16-19-11)9-13-4-1-5-14-9/h1,4-5,7-8H,2-3,6H2,(H,17,18). The van der Waals surface area contributed by atoms with Crippen molar-refractivity contribution in [1.82, 2.24) is 20.1 Å². The molecule has 0 spiro atoms. The summed E-state index contributed by atoms with van der Waals surface area (Å²) in [6.45, 7) is 0. The number of hydrogen-bond donors (Lipinski definition) is 1. The Morgan fingerprint density at radius 3 is 2.74 bits per heavy atom. The molecule has 2 heterocycles. The van der Waals surface area contributed by atoms with E-state index in [2.05, 4.69) is 20.1 Å². The van der Waals surface area contributed by atoms with Crippen LogP contribution in [0.15, 0.2) is 23.0 Å². The highest BCUT2D eigenvalue weighted by Gasteiger charge is 2.33. The SMILES string of the molecule is O=C(O)C1CCC(c2nc(-c3ncccn3)no2)C1. The second-order valence-corrected chi connectivity index (χ2v) is 4.57. The van der Waals surface area contributed by atoms with Crippen LogP contribution in [0.2, 0.25) is 0 Å². The summed E-state index contributed by atoms with van der Waals surface area (Å²) in [6.07, 6.45) is 5.17. The first kappa shape index (κ1) is 11.8. The van der Waals surface area contributed by atoms with Crippen molar-refractivity contribution in [2.24, 2.45) is 5.92 Å². The molecular weight excluding hydrogens is 248 g/mol. The Morgan fingerprint density at radius 1 is 1.26 bits per heavy atom. The molecule has 7 heteroatoms. The van der Waals surface area contributed by atoms with Gasteiger partial charge in [-0.3, -0.25) is 4.79 Å². The molecule has 1 fully saturated rings. The van der Waals surface area contributed by atoms with Crippen LogP contribution in [0.4, 0.5) is 0 Å². The van der Waals surface area contributed by atoms with Crippen molar-refractivity contribution in [1.29, 1.82) is 0 Å². The molecule has 2 aromatic rings. The van der Waals surface area contributed by atoms with Crippen LogP contribution in [0.5, 0.6) is 0 Å². The molecule has 0 radical (unpaired) electrons. The number of nitrogens with zero attached hydrogens (tertiary/aromatic N) is 4. The zero-order chi connectivity index (χ0) is 13.2. The van der Waals surface area contributed by atoms with Crippen LogP contribution in [-0.2, 0) is 4.79 Å². The Bertz CT molecular complexity index is 584. The second kappa shape index (κ2) is 4.75. The summed E-state index contributed by atoms with van der Waals surface area (Å²) in [4.78, 5) is 23.3.